The van der Waals surface area contributed by atoms with E-state index in [1.165, 1.54) is 25.7 Å². The summed E-state index contributed by atoms with van der Waals surface area (Å²) in [5.41, 5.74) is -0.813. The van der Waals surface area contributed by atoms with Crippen LogP contribution in [0.4, 0.5) is 0 Å². The van der Waals surface area contributed by atoms with E-state index >= 15 is 0 Å². The number of rotatable bonds is 7. The van der Waals surface area contributed by atoms with E-state index in [9.17, 15) is 10.1 Å². The van der Waals surface area contributed by atoms with Crippen molar-refractivity contribution >= 4 is 5.91 Å². The number of ether oxygens (including phenoxy) is 2. The fourth-order valence-electron chi connectivity index (χ4n) is 6.28. The lowest BCUT2D eigenvalue weighted by molar-refractivity contribution is -0.142. The molecule has 1 N–H and O–H groups in total. The second-order valence-corrected chi connectivity index (χ2v) is 10.9. The van der Waals surface area contributed by atoms with Gasteiger partial charge in [0.25, 0.3) is 0 Å². The molecule has 7 heteroatoms. The zero-order valence-corrected chi connectivity index (χ0v) is 20.6. The number of carbonyl (C=O) groups is 1. The van der Waals surface area contributed by atoms with Crippen molar-refractivity contribution in [1.29, 1.82) is 5.26 Å². The van der Waals surface area contributed by atoms with Gasteiger partial charge in [0.2, 0.25) is 5.91 Å². The molecule has 1 saturated carbocycles. The molecule has 0 aromatic rings. The van der Waals surface area contributed by atoms with E-state index in [1.807, 2.05) is 12.0 Å². The number of amides is 1. The van der Waals surface area contributed by atoms with Crippen molar-refractivity contribution in [2.24, 2.45) is 17.3 Å². The molecule has 3 aliphatic heterocycles. The van der Waals surface area contributed by atoms with Crippen molar-refractivity contribution in [3.05, 3.63) is 0 Å². The molecule has 0 atom stereocenters. The van der Waals surface area contributed by atoms with E-state index < -0.39 is 5.41 Å². The third-order valence-corrected chi connectivity index (χ3v) is 8.79. The number of hydrogen-bond donors (Lipinski definition) is 1. The van der Waals surface area contributed by atoms with Crippen LogP contribution in [-0.2, 0) is 14.3 Å². The summed E-state index contributed by atoms with van der Waals surface area (Å²) in [6, 6.07) is 2.96. The summed E-state index contributed by atoms with van der Waals surface area (Å²) in [7, 11) is 1.82. The normalized spacial score (nSPS) is 30.1. The maximum Gasteiger partial charge on any atom is 0.243 e. The van der Waals surface area contributed by atoms with Crippen LogP contribution in [0.1, 0.15) is 64.2 Å². The first-order chi connectivity index (χ1) is 16.1. The molecule has 4 rings (SSSR count). The number of piperidine rings is 2. The molecule has 3 saturated heterocycles. The largest absolute Gasteiger partial charge is 0.381 e. The van der Waals surface area contributed by atoms with Gasteiger partial charge in [-0.1, -0.05) is 0 Å². The molecule has 1 amide bonds. The van der Waals surface area contributed by atoms with E-state index in [0.717, 1.165) is 84.1 Å². The molecule has 0 aromatic carbocycles. The van der Waals surface area contributed by atoms with Crippen LogP contribution >= 0.6 is 0 Å². The smallest absolute Gasteiger partial charge is 0.243 e. The van der Waals surface area contributed by atoms with E-state index in [-0.39, 0.29) is 5.91 Å². The van der Waals surface area contributed by atoms with Gasteiger partial charge >= 0.3 is 0 Å². The summed E-state index contributed by atoms with van der Waals surface area (Å²) in [6.07, 6.45) is 10.9. The molecule has 33 heavy (non-hydrogen) atoms. The lowest BCUT2D eigenvalue weighted by atomic mass is 9.77. The van der Waals surface area contributed by atoms with Crippen LogP contribution in [0.2, 0.25) is 0 Å². The molecule has 0 bridgehead atoms. The molecule has 4 fully saturated rings. The van der Waals surface area contributed by atoms with Gasteiger partial charge in [0.1, 0.15) is 5.41 Å². The van der Waals surface area contributed by atoms with Crippen molar-refractivity contribution in [1.82, 2.24) is 15.1 Å². The highest BCUT2D eigenvalue weighted by Crippen LogP contribution is 2.35. The second kappa shape index (κ2) is 12.0. The van der Waals surface area contributed by atoms with Gasteiger partial charge in [0.05, 0.1) is 12.2 Å². The van der Waals surface area contributed by atoms with Gasteiger partial charge in [-0.2, -0.15) is 5.26 Å². The number of carbonyl (C=O) groups excluding carboxylic acids is 1. The first-order valence-corrected chi connectivity index (χ1v) is 13.4. The third kappa shape index (κ3) is 6.48. The van der Waals surface area contributed by atoms with Crippen LogP contribution in [-0.4, -0.2) is 87.4 Å². The van der Waals surface area contributed by atoms with Gasteiger partial charge in [-0.15, -0.1) is 0 Å². The predicted octanol–water partition coefficient (Wildman–Crippen LogP) is 2.80. The fourth-order valence-corrected chi connectivity index (χ4v) is 6.28. The Morgan fingerprint density at radius 3 is 2.27 bits per heavy atom. The summed E-state index contributed by atoms with van der Waals surface area (Å²) < 4.78 is 11.0. The molecule has 186 valence electrons. The van der Waals surface area contributed by atoms with E-state index in [1.54, 1.807) is 0 Å². The average Bonchev–Trinajstić information content (AvgIpc) is 2.89. The Morgan fingerprint density at radius 2 is 1.67 bits per heavy atom. The molecule has 0 unspecified atom stereocenters. The summed E-state index contributed by atoms with van der Waals surface area (Å²) in [5, 5.41) is 13.8. The van der Waals surface area contributed by atoms with Crippen molar-refractivity contribution in [3.8, 4) is 6.07 Å². The number of likely N-dealkylation sites (tertiary alicyclic amines) is 2. The number of nitrogens with zero attached hydrogens (tertiary/aromatic N) is 3. The Morgan fingerprint density at radius 1 is 1.00 bits per heavy atom. The first-order valence-electron chi connectivity index (χ1n) is 13.4. The highest BCUT2D eigenvalue weighted by atomic mass is 16.5. The molecular weight excluding hydrogens is 416 g/mol. The summed E-state index contributed by atoms with van der Waals surface area (Å²) in [6.45, 7) is 7.20. The molecular formula is C26H44N4O3. The fraction of sp³-hybridized carbons (Fsp3) is 0.923. The lowest BCUT2D eigenvalue weighted by Gasteiger charge is -2.42. The Balaban J connectivity index is 1.18. The minimum absolute atomic E-state index is 0.0899. The SMILES string of the molecule is COC1CCC(CNC2CCN(C(=O)C3(C#N)CCN(CC4CCOCC4)CC3)CC2)CC1. The Kier molecular flexibility index (Phi) is 9.04. The summed E-state index contributed by atoms with van der Waals surface area (Å²) in [4.78, 5) is 17.9. The zero-order valence-electron chi connectivity index (χ0n) is 20.6. The second-order valence-electron chi connectivity index (χ2n) is 10.9. The molecule has 7 nitrogen and oxygen atoms in total. The molecule has 0 radical (unpaired) electrons. The number of methoxy groups -OCH3 is 1. The third-order valence-electron chi connectivity index (χ3n) is 8.79. The van der Waals surface area contributed by atoms with Crippen molar-refractivity contribution in [2.45, 2.75) is 76.4 Å². The van der Waals surface area contributed by atoms with E-state index in [2.05, 4.69) is 16.3 Å². The molecule has 0 spiro atoms. The van der Waals surface area contributed by atoms with Crippen LogP contribution in [0.3, 0.4) is 0 Å². The summed E-state index contributed by atoms with van der Waals surface area (Å²) >= 11 is 0. The van der Waals surface area contributed by atoms with Gasteiger partial charge in [-0.25, -0.2) is 0 Å². The predicted molar refractivity (Wildman–Crippen MR) is 128 cm³/mol. The van der Waals surface area contributed by atoms with Gasteiger partial charge < -0.3 is 24.6 Å². The Hall–Kier alpha value is -1.20. The maximum absolute atomic E-state index is 13.4. The van der Waals surface area contributed by atoms with Crippen LogP contribution in [0.15, 0.2) is 0 Å². The summed E-state index contributed by atoms with van der Waals surface area (Å²) in [5.74, 6) is 1.54. The van der Waals surface area contributed by atoms with Gasteiger partial charge in [-0.3, -0.25) is 4.79 Å². The minimum atomic E-state index is -0.813. The van der Waals surface area contributed by atoms with Gasteiger partial charge in [0.15, 0.2) is 0 Å². The minimum Gasteiger partial charge on any atom is -0.381 e. The lowest BCUT2D eigenvalue weighted by Crippen LogP contribution is -2.53. The average molecular weight is 461 g/mol. The van der Waals surface area contributed by atoms with Crippen LogP contribution in [0.25, 0.3) is 0 Å². The molecule has 3 heterocycles. The quantitative estimate of drug-likeness (QED) is 0.630. The first kappa shape index (κ1) is 24.9. The van der Waals surface area contributed by atoms with Crippen molar-refractivity contribution in [2.75, 3.05) is 59.6 Å². The molecule has 1 aliphatic carbocycles. The van der Waals surface area contributed by atoms with Gasteiger partial charge in [0, 0.05) is 59.1 Å². The molecule has 4 aliphatic rings. The van der Waals surface area contributed by atoms with Crippen molar-refractivity contribution in [3.63, 3.8) is 0 Å². The van der Waals surface area contributed by atoms with Crippen LogP contribution < -0.4 is 5.32 Å². The van der Waals surface area contributed by atoms with Crippen molar-refractivity contribution < 1.29 is 14.3 Å². The van der Waals surface area contributed by atoms with Crippen LogP contribution in [0.5, 0.6) is 0 Å². The van der Waals surface area contributed by atoms with E-state index in [4.69, 9.17) is 9.47 Å². The highest BCUT2D eigenvalue weighted by Gasteiger charge is 2.45. The topological polar surface area (TPSA) is 77.8 Å². The zero-order chi connectivity index (χ0) is 23.1. The number of nitrogens with one attached hydrogen (secondary N) is 1. The van der Waals surface area contributed by atoms with E-state index in [0.29, 0.717) is 30.9 Å². The number of hydrogen-bond acceptors (Lipinski definition) is 6. The van der Waals surface area contributed by atoms with Crippen LogP contribution in [0, 0.1) is 28.6 Å². The standard InChI is InChI=1S/C26H44N4O3/c1-32-24-4-2-21(3-5-24)18-28-23-6-12-30(13-7-23)25(31)26(20-27)10-14-29(15-11-26)19-22-8-16-33-17-9-22/h21-24,28H,2-19H2,1H3. The maximum atomic E-state index is 13.4. The number of nitriles is 1. The highest BCUT2D eigenvalue weighted by molar-refractivity contribution is 5.85. The Bertz CT molecular complexity index is 651. The Labute approximate surface area is 200 Å². The van der Waals surface area contributed by atoms with Gasteiger partial charge in [-0.05, 0) is 82.6 Å². The molecule has 0 aromatic heterocycles. The monoisotopic (exact) mass is 460 g/mol.